The summed E-state index contributed by atoms with van der Waals surface area (Å²) in [5.41, 5.74) is 1.70. The Hall–Kier alpha value is -1.35. The predicted octanol–water partition coefficient (Wildman–Crippen LogP) is 3.36. The lowest BCUT2D eigenvalue weighted by atomic mass is 10.0. The molecule has 1 aromatic heterocycles. The van der Waals surface area contributed by atoms with Gasteiger partial charge in [-0.25, -0.2) is 13.1 Å². The summed E-state index contributed by atoms with van der Waals surface area (Å²) in [5, 5.41) is 1.75. The van der Waals surface area contributed by atoms with Crippen LogP contribution in [0.25, 0.3) is 0 Å². The number of sulfonamides is 1. The van der Waals surface area contributed by atoms with Crippen molar-refractivity contribution in [1.29, 1.82) is 0 Å². The molecule has 1 amide bonds. The van der Waals surface area contributed by atoms with E-state index in [-0.39, 0.29) is 11.9 Å². The minimum Gasteiger partial charge on any atom is -0.339 e. The number of rotatable bonds is 5. The summed E-state index contributed by atoms with van der Waals surface area (Å²) in [5.74, 6) is 0.0259. The van der Waals surface area contributed by atoms with Crippen molar-refractivity contribution < 1.29 is 13.2 Å². The van der Waals surface area contributed by atoms with E-state index < -0.39 is 10.0 Å². The van der Waals surface area contributed by atoms with Crippen LogP contribution in [0.4, 0.5) is 0 Å². The lowest BCUT2D eigenvalue weighted by Crippen LogP contribution is -2.46. The molecule has 1 saturated heterocycles. The van der Waals surface area contributed by atoms with Gasteiger partial charge in [0.2, 0.25) is 10.0 Å². The Bertz CT molecular complexity index is 871. The van der Waals surface area contributed by atoms with Gasteiger partial charge in [-0.1, -0.05) is 12.1 Å². The Labute approximate surface area is 162 Å². The second kappa shape index (κ2) is 8.12. The van der Waals surface area contributed by atoms with Crippen molar-refractivity contribution in [3.63, 3.8) is 0 Å². The predicted molar refractivity (Wildman–Crippen MR) is 107 cm³/mol. The van der Waals surface area contributed by atoms with Crippen LogP contribution in [0, 0.1) is 6.92 Å². The van der Waals surface area contributed by atoms with Gasteiger partial charge in [-0.2, -0.15) is 0 Å². The standard InChI is InChI=1S/C18H22N2O3S3/c1-13-5-6-15(24-2)12-16(13)18(21)20-9-7-14(8-10-20)19-26(22,23)17-4-3-11-25-17/h3-6,11-12,14,19H,7-10H2,1-2H3. The Balaban J connectivity index is 1.63. The number of thioether (sulfide) groups is 1. The van der Waals surface area contributed by atoms with Crippen molar-refractivity contribution in [2.24, 2.45) is 0 Å². The van der Waals surface area contributed by atoms with E-state index in [0.29, 0.717) is 30.1 Å². The third kappa shape index (κ3) is 4.31. The first-order chi connectivity index (χ1) is 12.4. The average molecular weight is 411 g/mol. The van der Waals surface area contributed by atoms with Crippen LogP contribution in [0.1, 0.15) is 28.8 Å². The highest BCUT2D eigenvalue weighted by Crippen LogP contribution is 2.23. The van der Waals surface area contributed by atoms with Crippen LogP contribution in [-0.4, -0.2) is 44.6 Å². The van der Waals surface area contributed by atoms with Crippen molar-refractivity contribution in [3.05, 3.63) is 46.8 Å². The number of nitrogens with zero attached hydrogens (tertiary/aromatic N) is 1. The van der Waals surface area contributed by atoms with Crippen LogP contribution in [0.5, 0.6) is 0 Å². The van der Waals surface area contributed by atoms with Crippen molar-refractivity contribution in [2.45, 2.75) is 34.9 Å². The quantitative estimate of drug-likeness (QED) is 0.768. The molecule has 0 spiro atoms. The van der Waals surface area contributed by atoms with Gasteiger partial charge in [0, 0.05) is 29.6 Å². The second-order valence-corrected chi connectivity index (χ2v) is 10.1. The second-order valence-electron chi connectivity index (χ2n) is 6.30. The Morgan fingerprint density at radius 2 is 2.00 bits per heavy atom. The summed E-state index contributed by atoms with van der Waals surface area (Å²) in [6.45, 7) is 3.05. The van der Waals surface area contributed by atoms with Gasteiger partial charge >= 0.3 is 0 Å². The van der Waals surface area contributed by atoms with Crippen LogP contribution in [0.2, 0.25) is 0 Å². The molecule has 1 aliphatic rings. The largest absolute Gasteiger partial charge is 0.339 e. The van der Waals surface area contributed by atoms with Crippen LogP contribution in [0.15, 0.2) is 44.8 Å². The summed E-state index contributed by atoms with van der Waals surface area (Å²) in [4.78, 5) is 15.7. The molecule has 2 heterocycles. The highest BCUT2D eigenvalue weighted by Gasteiger charge is 2.28. The number of likely N-dealkylation sites (tertiary alicyclic amines) is 1. The number of aryl methyl sites for hydroxylation is 1. The van der Waals surface area contributed by atoms with Gasteiger partial charge in [0.05, 0.1) is 0 Å². The van der Waals surface area contributed by atoms with Gasteiger partial charge in [-0.15, -0.1) is 23.1 Å². The van der Waals surface area contributed by atoms with Crippen molar-refractivity contribution >= 4 is 39.0 Å². The van der Waals surface area contributed by atoms with Gasteiger partial charge in [0.15, 0.2) is 0 Å². The van der Waals surface area contributed by atoms with E-state index in [0.717, 1.165) is 16.0 Å². The van der Waals surface area contributed by atoms with Gasteiger partial charge in [-0.3, -0.25) is 4.79 Å². The minimum atomic E-state index is -3.46. The SMILES string of the molecule is CSc1ccc(C)c(C(=O)N2CCC(NS(=O)(=O)c3cccs3)CC2)c1. The fourth-order valence-corrected chi connectivity index (χ4v) is 5.78. The van der Waals surface area contributed by atoms with Gasteiger partial charge in [0.25, 0.3) is 5.91 Å². The van der Waals surface area contributed by atoms with Crippen LogP contribution >= 0.6 is 23.1 Å². The Kier molecular flexibility index (Phi) is 6.06. The number of carbonyl (C=O) groups excluding carboxylic acids is 1. The Morgan fingerprint density at radius 1 is 1.27 bits per heavy atom. The molecule has 5 nitrogen and oxygen atoms in total. The fraction of sp³-hybridized carbons (Fsp3) is 0.389. The van der Waals surface area contributed by atoms with E-state index in [4.69, 9.17) is 0 Å². The maximum Gasteiger partial charge on any atom is 0.254 e. The van der Waals surface area contributed by atoms with Gasteiger partial charge in [0.1, 0.15) is 4.21 Å². The molecule has 0 atom stereocenters. The van der Waals surface area contributed by atoms with E-state index >= 15 is 0 Å². The number of hydrogen-bond donors (Lipinski definition) is 1. The first kappa shape index (κ1) is 19.4. The molecule has 1 aromatic carbocycles. The third-order valence-electron chi connectivity index (χ3n) is 4.54. The minimum absolute atomic E-state index is 0.0259. The molecule has 26 heavy (non-hydrogen) atoms. The lowest BCUT2D eigenvalue weighted by Gasteiger charge is -2.32. The van der Waals surface area contributed by atoms with E-state index in [1.165, 1.54) is 11.3 Å². The maximum absolute atomic E-state index is 12.8. The number of benzene rings is 1. The van der Waals surface area contributed by atoms with Gasteiger partial charge < -0.3 is 4.90 Å². The first-order valence-corrected chi connectivity index (χ1v) is 12.0. The van der Waals surface area contributed by atoms with Crippen LogP contribution in [0.3, 0.4) is 0 Å². The molecule has 140 valence electrons. The summed E-state index contributed by atoms with van der Waals surface area (Å²) in [6, 6.07) is 9.13. The fourth-order valence-electron chi connectivity index (χ4n) is 3.02. The normalized spacial score (nSPS) is 16.0. The average Bonchev–Trinajstić information content (AvgIpc) is 3.18. The molecular weight excluding hydrogens is 388 g/mol. The van der Waals surface area contributed by atoms with E-state index in [9.17, 15) is 13.2 Å². The van der Waals surface area contributed by atoms with Crippen molar-refractivity contribution in [2.75, 3.05) is 19.3 Å². The van der Waals surface area contributed by atoms with Crippen molar-refractivity contribution in [1.82, 2.24) is 9.62 Å². The molecule has 8 heteroatoms. The highest BCUT2D eigenvalue weighted by atomic mass is 32.2. The smallest absolute Gasteiger partial charge is 0.254 e. The molecule has 0 aliphatic carbocycles. The third-order valence-corrected chi connectivity index (χ3v) is 8.18. The number of amides is 1. The topological polar surface area (TPSA) is 66.5 Å². The maximum atomic E-state index is 12.8. The number of nitrogens with one attached hydrogen (secondary N) is 1. The summed E-state index contributed by atoms with van der Waals surface area (Å²) >= 11 is 2.82. The van der Waals surface area contributed by atoms with E-state index in [1.807, 2.05) is 36.3 Å². The number of piperidine rings is 1. The molecular formula is C18H22N2O3S3. The molecule has 1 N–H and O–H groups in total. The summed E-state index contributed by atoms with van der Waals surface area (Å²) in [6.07, 6.45) is 3.24. The number of hydrogen-bond acceptors (Lipinski definition) is 5. The molecule has 2 aromatic rings. The monoisotopic (exact) mass is 410 g/mol. The lowest BCUT2D eigenvalue weighted by molar-refractivity contribution is 0.0710. The number of thiophene rings is 1. The van der Waals surface area contributed by atoms with Crippen molar-refractivity contribution in [3.8, 4) is 0 Å². The molecule has 1 aliphatic heterocycles. The Morgan fingerprint density at radius 3 is 2.62 bits per heavy atom. The molecule has 0 radical (unpaired) electrons. The van der Waals surface area contributed by atoms with Crippen LogP contribution in [-0.2, 0) is 10.0 Å². The molecule has 0 bridgehead atoms. The zero-order valence-corrected chi connectivity index (χ0v) is 17.2. The van der Waals surface area contributed by atoms with Crippen LogP contribution < -0.4 is 4.72 Å². The molecule has 0 unspecified atom stereocenters. The first-order valence-electron chi connectivity index (χ1n) is 8.40. The summed E-state index contributed by atoms with van der Waals surface area (Å²) in [7, 11) is -3.46. The molecule has 3 rings (SSSR count). The number of carbonyl (C=O) groups is 1. The zero-order chi connectivity index (χ0) is 18.7. The van der Waals surface area contributed by atoms with E-state index in [2.05, 4.69) is 4.72 Å². The summed E-state index contributed by atoms with van der Waals surface area (Å²) < 4.78 is 27.8. The molecule has 1 fully saturated rings. The highest BCUT2D eigenvalue weighted by molar-refractivity contribution is 7.98. The van der Waals surface area contributed by atoms with E-state index in [1.54, 1.807) is 29.3 Å². The zero-order valence-electron chi connectivity index (χ0n) is 14.8. The van der Waals surface area contributed by atoms with Gasteiger partial charge in [-0.05, 0) is 55.2 Å². The molecule has 0 saturated carbocycles.